The molecule has 0 radical (unpaired) electrons. The molecule has 0 aliphatic carbocycles. The quantitative estimate of drug-likeness (QED) is 0.279. The van der Waals surface area contributed by atoms with E-state index in [0.29, 0.717) is 24.5 Å². The van der Waals surface area contributed by atoms with Gasteiger partial charge in [-0.25, -0.2) is 0 Å². The lowest BCUT2D eigenvalue weighted by atomic mass is 9.93. The number of nitrogens with one attached hydrogen (secondary N) is 1. The van der Waals surface area contributed by atoms with Crippen molar-refractivity contribution in [1.82, 2.24) is 15.0 Å². The third kappa shape index (κ3) is 6.16. The number of nitrogens with zero attached hydrogens (tertiary/aromatic N) is 3. The molecule has 10 nitrogen and oxygen atoms in total. The van der Waals surface area contributed by atoms with Crippen LogP contribution in [0.25, 0.3) is 11.4 Å². The predicted molar refractivity (Wildman–Crippen MR) is 129 cm³/mol. The van der Waals surface area contributed by atoms with E-state index in [9.17, 15) is 20.4 Å². The number of anilines is 1. The maximum Gasteiger partial charge on any atom is 0.214 e. The van der Waals surface area contributed by atoms with E-state index in [1.165, 1.54) is 12.0 Å². The number of hydrogen-bond acceptors (Lipinski definition) is 10. The van der Waals surface area contributed by atoms with Crippen molar-refractivity contribution in [3.05, 3.63) is 60.0 Å². The molecule has 0 bridgehead atoms. The lowest BCUT2D eigenvalue weighted by Gasteiger charge is -2.43. The molecule has 3 aromatic rings. The summed E-state index contributed by atoms with van der Waals surface area (Å²) >= 11 is 0. The highest BCUT2D eigenvalue weighted by Gasteiger charge is 2.40. The number of aliphatic hydroxyl groups is 4. The molecule has 2 aromatic carbocycles. The zero-order chi connectivity index (χ0) is 24.8. The van der Waals surface area contributed by atoms with Gasteiger partial charge in [-0.1, -0.05) is 29.4 Å². The van der Waals surface area contributed by atoms with Gasteiger partial charge in [0.2, 0.25) is 12.2 Å². The molecule has 4 rings (SSSR count). The summed E-state index contributed by atoms with van der Waals surface area (Å²) < 4.78 is 10.2. The Balaban J connectivity index is 1.29. The Labute approximate surface area is 203 Å². The van der Waals surface area contributed by atoms with Crippen LogP contribution < -0.4 is 10.1 Å². The smallest absolute Gasteiger partial charge is 0.214 e. The maximum atomic E-state index is 10.1. The van der Waals surface area contributed by atoms with Crippen molar-refractivity contribution in [2.24, 2.45) is 0 Å². The molecule has 5 N–H and O–H groups in total. The van der Waals surface area contributed by atoms with Crippen LogP contribution in [0, 0.1) is 0 Å². The van der Waals surface area contributed by atoms with Crippen LogP contribution in [-0.4, -0.2) is 93.2 Å². The van der Waals surface area contributed by atoms with Crippen LogP contribution in [0.15, 0.2) is 53.4 Å². The molecule has 0 spiro atoms. The van der Waals surface area contributed by atoms with Gasteiger partial charge >= 0.3 is 0 Å². The molecule has 0 unspecified atom stereocenters. The molecule has 4 atom stereocenters. The number of methoxy groups -OCH3 is 1. The van der Waals surface area contributed by atoms with Gasteiger partial charge in [-0.3, -0.25) is 4.90 Å². The van der Waals surface area contributed by atoms with Crippen molar-refractivity contribution < 1.29 is 29.7 Å². The van der Waals surface area contributed by atoms with Gasteiger partial charge in [-0.2, -0.15) is 4.98 Å². The molecule has 2 heterocycles. The summed E-state index contributed by atoms with van der Waals surface area (Å²) in [5, 5.41) is 46.9. The second kappa shape index (κ2) is 11.6. The minimum Gasteiger partial charge on any atom is -0.497 e. The first-order valence-corrected chi connectivity index (χ1v) is 11.6. The molecule has 35 heavy (non-hydrogen) atoms. The second-order valence-electron chi connectivity index (χ2n) is 8.74. The van der Waals surface area contributed by atoms with Crippen molar-refractivity contribution in [1.29, 1.82) is 0 Å². The molecule has 1 aromatic heterocycles. The maximum absolute atomic E-state index is 10.1. The van der Waals surface area contributed by atoms with E-state index in [0.717, 1.165) is 29.8 Å². The van der Waals surface area contributed by atoms with Crippen LogP contribution >= 0.6 is 0 Å². The highest BCUT2D eigenvalue weighted by Crippen LogP contribution is 2.26. The Hall–Kier alpha value is -3.02. The lowest BCUT2D eigenvalue weighted by molar-refractivity contribution is -0.144. The van der Waals surface area contributed by atoms with E-state index in [2.05, 4.69) is 39.7 Å². The SMILES string of the molecule is COc1cc(NCCc2ccc(CCN3C[C@H](O)[C@@H](O)[C@H](O)[C@H]3CO)cc2)cc(-c2ncon2)c1. The van der Waals surface area contributed by atoms with Crippen molar-refractivity contribution in [2.75, 3.05) is 38.7 Å². The van der Waals surface area contributed by atoms with Crippen molar-refractivity contribution in [3.8, 4) is 17.1 Å². The topological polar surface area (TPSA) is 144 Å². The Morgan fingerprint density at radius 1 is 1.06 bits per heavy atom. The van der Waals surface area contributed by atoms with Gasteiger partial charge in [-0.15, -0.1) is 0 Å². The number of benzene rings is 2. The van der Waals surface area contributed by atoms with E-state index in [4.69, 9.17) is 9.26 Å². The van der Waals surface area contributed by atoms with Crippen LogP contribution in [0.3, 0.4) is 0 Å². The number of piperidine rings is 1. The highest BCUT2D eigenvalue weighted by molar-refractivity contribution is 5.65. The zero-order valence-corrected chi connectivity index (χ0v) is 19.6. The van der Waals surface area contributed by atoms with Gasteiger partial charge in [0.05, 0.1) is 25.9 Å². The normalized spacial score (nSPS) is 22.8. The summed E-state index contributed by atoms with van der Waals surface area (Å²) in [7, 11) is 1.61. The molecular weight excluding hydrogens is 452 g/mol. The van der Waals surface area contributed by atoms with Crippen LogP contribution in [0.5, 0.6) is 5.75 Å². The van der Waals surface area contributed by atoms with E-state index in [1.807, 2.05) is 23.1 Å². The predicted octanol–water partition coefficient (Wildman–Crippen LogP) is 0.702. The Morgan fingerprint density at radius 3 is 2.46 bits per heavy atom. The molecule has 10 heteroatoms. The molecule has 1 aliphatic heterocycles. The molecule has 1 saturated heterocycles. The minimum atomic E-state index is -1.24. The van der Waals surface area contributed by atoms with Gasteiger partial charge in [-0.05, 0) is 36.1 Å². The Bertz CT molecular complexity index is 1060. The van der Waals surface area contributed by atoms with Gasteiger partial charge in [0, 0.05) is 37.0 Å². The van der Waals surface area contributed by atoms with E-state index < -0.39 is 24.4 Å². The summed E-state index contributed by atoms with van der Waals surface area (Å²) in [5.41, 5.74) is 4.00. The largest absolute Gasteiger partial charge is 0.497 e. The lowest BCUT2D eigenvalue weighted by Crippen LogP contribution is -2.62. The van der Waals surface area contributed by atoms with Gasteiger partial charge < -0.3 is 35.0 Å². The van der Waals surface area contributed by atoms with Crippen LogP contribution in [0.2, 0.25) is 0 Å². The first-order chi connectivity index (χ1) is 17.0. The van der Waals surface area contributed by atoms with Crippen molar-refractivity contribution in [3.63, 3.8) is 0 Å². The number of hydrogen-bond donors (Lipinski definition) is 5. The molecule has 1 aliphatic rings. The van der Waals surface area contributed by atoms with Crippen molar-refractivity contribution >= 4 is 5.69 Å². The molecule has 1 fully saturated rings. The number of ether oxygens (including phenoxy) is 1. The first kappa shape index (κ1) is 25.1. The molecular formula is C25H32N4O6. The van der Waals surface area contributed by atoms with Gasteiger partial charge in [0.1, 0.15) is 18.0 Å². The van der Waals surface area contributed by atoms with Crippen LogP contribution in [-0.2, 0) is 12.8 Å². The Morgan fingerprint density at radius 2 is 1.80 bits per heavy atom. The fourth-order valence-electron chi connectivity index (χ4n) is 4.38. The number of aromatic nitrogens is 2. The fraction of sp³-hybridized carbons (Fsp3) is 0.440. The zero-order valence-electron chi connectivity index (χ0n) is 19.6. The molecule has 0 saturated carbocycles. The van der Waals surface area contributed by atoms with Crippen molar-refractivity contribution in [2.45, 2.75) is 37.2 Å². The number of likely N-dealkylation sites (tertiary alicyclic amines) is 1. The fourth-order valence-corrected chi connectivity index (χ4v) is 4.38. The van der Waals surface area contributed by atoms with E-state index >= 15 is 0 Å². The summed E-state index contributed by atoms with van der Waals surface area (Å²) in [4.78, 5) is 5.92. The van der Waals surface area contributed by atoms with Gasteiger partial charge in [0.25, 0.3) is 0 Å². The number of aliphatic hydroxyl groups excluding tert-OH is 4. The number of β-amino-alcohol motifs (C(OH)–C–C–N with tert-alkyl or cyclic N) is 1. The third-order valence-electron chi connectivity index (χ3n) is 6.43. The molecule has 188 valence electrons. The summed E-state index contributed by atoms with van der Waals surface area (Å²) in [5.74, 6) is 1.20. The van der Waals surface area contributed by atoms with E-state index in [-0.39, 0.29) is 13.2 Å². The standard InChI is InChI=1S/C25H32N4O6/c1-34-20-11-18(25-27-15-35-28-25)10-19(12-20)26-8-6-16-2-4-17(5-3-16)7-9-29-13-22(31)24(33)23(32)21(29)14-30/h2-5,10-12,15,21-24,26,30-33H,6-9,13-14H2,1H3/t21-,22+,23-,24-/m1/s1. The molecule has 0 amide bonds. The van der Waals surface area contributed by atoms with Crippen LogP contribution in [0.4, 0.5) is 5.69 Å². The third-order valence-corrected chi connectivity index (χ3v) is 6.43. The second-order valence-corrected chi connectivity index (χ2v) is 8.74. The summed E-state index contributed by atoms with van der Waals surface area (Å²) in [6, 6.07) is 13.4. The average molecular weight is 485 g/mol. The Kier molecular flexibility index (Phi) is 8.32. The van der Waals surface area contributed by atoms with Gasteiger partial charge in [0.15, 0.2) is 0 Å². The first-order valence-electron chi connectivity index (χ1n) is 11.6. The summed E-state index contributed by atoms with van der Waals surface area (Å²) in [6.07, 6.45) is -0.627. The monoisotopic (exact) mass is 484 g/mol. The number of rotatable bonds is 10. The highest BCUT2D eigenvalue weighted by atomic mass is 16.5. The van der Waals surface area contributed by atoms with E-state index in [1.54, 1.807) is 7.11 Å². The average Bonchev–Trinajstić information content (AvgIpc) is 3.42. The minimum absolute atomic E-state index is 0.214. The summed E-state index contributed by atoms with van der Waals surface area (Å²) in [6.45, 7) is 1.22. The van der Waals surface area contributed by atoms with Crippen LogP contribution in [0.1, 0.15) is 11.1 Å².